The molecule has 18 heteroatoms. The normalized spacial score (nSPS) is 14.2. The molecule has 0 fully saturated rings. The zero-order valence-corrected chi connectivity index (χ0v) is 61.8. The fraction of sp³-hybridized carbons (Fsp3) is 0.435. The Kier molecular flexibility index (Phi) is 32.0. The van der Waals surface area contributed by atoms with Crippen LogP contribution in [0.3, 0.4) is 0 Å². The van der Waals surface area contributed by atoms with E-state index in [9.17, 15) is 29.1 Å². The van der Waals surface area contributed by atoms with Crippen LogP contribution in [0.5, 0.6) is 11.5 Å². The molecule has 0 aliphatic carbocycles. The summed E-state index contributed by atoms with van der Waals surface area (Å²) in [5.41, 5.74) is 15.3. The Morgan fingerprint density at radius 1 is 0.466 bits per heavy atom. The number of pyridine rings is 3. The molecule has 5 N–H and O–H groups in total. The molecule has 0 spiro atoms. The number of rotatable bonds is 29. The number of carboxylic acids is 1. The van der Waals surface area contributed by atoms with Crippen molar-refractivity contribution in [1.29, 1.82) is 0 Å². The van der Waals surface area contributed by atoms with E-state index in [-0.39, 0.29) is 72.9 Å². The fourth-order valence-electron chi connectivity index (χ4n) is 14.2. The summed E-state index contributed by atoms with van der Waals surface area (Å²) in [7, 11) is 0. The molecule has 9 aromatic rings. The molecule has 0 saturated heterocycles. The molecule has 14 rings (SSSR count). The Balaban J connectivity index is 0.000000179. The molecule has 0 radical (unpaired) electrons. The van der Waals surface area contributed by atoms with Crippen molar-refractivity contribution < 1.29 is 82.4 Å². The maximum atomic E-state index is 12.6. The van der Waals surface area contributed by atoms with Crippen LogP contribution in [0.2, 0.25) is 0 Å². The van der Waals surface area contributed by atoms with Gasteiger partial charge in [0.1, 0.15) is 63.8 Å². The molecule has 540 valence electrons. The minimum atomic E-state index is -0.883. The molecule has 4 aromatic carbocycles. The van der Waals surface area contributed by atoms with E-state index < -0.39 is 5.97 Å². The molecular formula is C85H103N6NaO11. The van der Waals surface area contributed by atoms with Crippen molar-refractivity contribution in [2.75, 3.05) is 48.8 Å². The summed E-state index contributed by atoms with van der Waals surface area (Å²) in [5, 5.41) is 21.6. The number of fused-ring (bicyclic) bond motifs is 7. The van der Waals surface area contributed by atoms with Crippen molar-refractivity contribution in [3.8, 4) is 11.5 Å². The van der Waals surface area contributed by atoms with Crippen molar-refractivity contribution in [2.24, 2.45) is 0 Å². The number of hydrogen-bond acceptors (Lipinski definition) is 16. The number of carbonyl (C=O) groups excluding carboxylic acids is 4. The average molecular weight is 1410 g/mol. The first kappa shape index (κ1) is 80.2. The zero-order chi connectivity index (χ0) is 69.4. The van der Waals surface area contributed by atoms with Gasteiger partial charge in [0, 0.05) is 110 Å². The molecule has 0 bridgehead atoms. The van der Waals surface area contributed by atoms with Gasteiger partial charge in [-0.3, -0.25) is 24.0 Å². The number of aromatic nitrogens is 3. The topological polar surface area (TPSA) is 255 Å². The Bertz CT molecular complexity index is 4240. The van der Waals surface area contributed by atoms with Crippen LogP contribution in [0.4, 0.5) is 17.5 Å². The van der Waals surface area contributed by atoms with Crippen molar-refractivity contribution in [3.05, 3.63) is 201 Å². The molecule has 5 aliphatic heterocycles. The van der Waals surface area contributed by atoms with E-state index in [1.807, 2.05) is 36.4 Å². The first-order valence-electron chi connectivity index (χ1n) is 36.8. The van der Waals surface area contributed by atoms with E-state index in [0.29, 0.717) is 61.8 Å². The van der Waals surface area contributed by atoms with E-state index in [2.05, 4.69) is 103 Å². The predicted octanol–water partition coefficient (Wildman–Crippen LogP) is 15.3. The molecule has 103 heavy (non-hydrogen) atoms. The quantitative estimate of drug-likeness (QED) is 0.0193. The van der Waals surface area contributed by atoms with E-state index >= 15 is 0 Å². The van der Waals surface area contributed by atoms with E-state index in [4.69, 9.17) is 33.3 Å². The summed E-state index contributed by atoms with van der Waals surface area (Å²) >= 11 is 0. The van der Waals surface area contributed by atoms with Gasteiger partial charge in [0.15, 0.2) is 0 Å². The van der Waals surface area contributed by atoms with Gasteiger partial charge >= 0.3 is 35.5 Å². The monoisotopic (exact) mass is 1410 g/mol. The number of nitrogens with one attached hydrogen (secondary N) is 3. The van der Waals surface area contributed by atoms with Crippen molar-refractivity contribution >= 4 is 69.0 Å². The summed E-state index contributed by atoms with van der Waals surface area (Å²) in [4.78, 5) is 73.6. The van der Waals surface area contributed by atoms with Gasteiger partial charge in [0.2, 0.25) is 0 Å². The predicted molar refractivity (Wildman–Crippen MR) is 404 cm³/mol. The number of furan rings is 2. The second-order valence-electron chi connectivity index (χ2n) is 27.4. The van der Waals surface area contributed by atoms with E-state index in [1.54, 1.807) is 24.7 Å². The van der Waals surface area contributed by atoms with Crippen LogP contribution in [-0.2, 0) is 70.5 Å². The first-order valence-corrected chi connectivity index (χ1v) is 36.8. The minimum Gasteiger partial charge on any atom is -0.870 e. The molecule has 3 atom stereocenters. The third kappa shape index (κ3) is 23.5. The molecule has 0 amide bonds. The number of carboxylic acid groups (broad SMARTS) is 1. The van der Waals surface area contributed by atoms with Crippen LogP contribution in [0.25, 0.3) is 21.9 Å². The average Bonchev–Trinajstić information content (AvgIpc) is 1.85. The number of ketones is 3. The smallest absolute Gasteiger partial charge is 0.870 e. The van der Waals surface area contributed by atoms with Crippen LogP contribution in [-0.4, -0.2) is 88.0 Å². The second kappa shape index (κ2) is 41.1. The number of aldehydes is 1. The van der Waals surface area contributed by atoms with E-state index in [1.165, 1.54) is 46.2 Å². The maximum absolute atomic E-state index is 12.6. The molecule has 5 aromatic heterocycles. The largest absolute Gasteiger partial charge is 1.00 e. The van der Waals surface area contributed by atoms with Crippen LogP contribution >= 0.6 is 0 Å². The first-order chi connectivity index (χ1) is 48.9. The molecule has 5 aliphatic rings. The molecule has 0 saturated carbocycles. The van der Waals surface area contributed by atoms with Crippen LogP contribution < -0.4 is 55.0 Å². The van der Waals surface area contributed by atoms with Crippen molar-refractivity contribution in [2.45, 2.75) is 206 Å². The van der Waals surface area contributed by atoms with Gasteiger partial charge in [-0.25, -0.2) is 15.0 Å². The number of aryl methyl sites for hydroxylation is 6. The summed E-state index contributed by atoms with van der Waals surface area (Å²) in [6, 6.07) is 40.8. The number of hydrogen-bond donors (Lipinski definition) is 4. The molecular weight excluding hydrogens is 1300 g/mol. The third-order valence-corrected chi connectivity index (χ3v) is 20.1. The summed E-state index contributed by atoms with van der Waals surface area (Å²) in [5.74, 6) is 5.19. The van der Waals surface area contributed by atoms with Crippen molar-refractivity contribution in [3.63, 3.8) is 0 Å². The van der Waals surface area contributed by atoms with Gasteiger partial charge in [-0.2, -0.15) is 0 Å². The number of benzene rings is 4. The van der Waals surface area contributed by atoms with E-state index in [0.717, 1.165) is 221 Å². The number of aliphatic carboxylic acids is 1. The van der Waals surface area contributed by atoms with Gasteiger partial charge in [-0.05, 0) is 220 Å². The Hall–Kier alpha value is -8.48. The van der Waals surface area contributed by atoms with Crippen LogP contribution in [0.15, 0.2) is 143 Å². The number of unbranched alkanes of at least 4 members (excludes halogenated alkanes) is 3. The Labute approximate surface area is 629 Å². The molecule has 17 nitrogen and oxygen atoms in total. The van der Waals surface area contributed by atoms with Crippen LogP contribution in [0.1, 0.15) is 227 Å². The van der Waals surface area contributed by atoms with Gasteiger partial charge in [0.25, 0.3) is 0 Å². The number of ether oxygens (including phenoxy) is 2. The number of carbonyl (C=O) groups is 5. The number of anilines is 3. The standard InChI is InChI=1S/C25H30N2O4.C25H32N2O2.C25H30N2O2.C9H6O2.CH4.Na.H2O/c28-22(6-2-1-5-21-10-9-18-4-3-12-26-25(18)27-21)14-20(16-24(29)30)19-8-7-17-11-13-31-23(17)15-19;2*1-2-18(21-10-9-19-13-15-29-24(19)17-21)16-23(28)8-4-3-7-22-12-11-20-6-5-14-26-25(20)27-22;10-6-7-1-2-8-3-4-11-9(8)5-7;;;/h7-10,15,20H,1-6,11-14,16H2,(H,26,27)(H,29,30);9-12,17-18H,2-8,13-16H2,1H3,(H,26,27);9-13,15,17-18H,2-8,14,16H2,1H3,(H,26,27);1-6H;1H4;;1H2/q;;;;;+1;/p-1. The van der Waals surface area contributed by atoms with Gasteiger partial charge in [0.05, 0.1) is 32.2 Å². The van der Waals surface area contributed by atoms with Gasteiger partial charge < -0.3 is 44.8 Å². The van der Waals surface area contributed by atoms with Gasteiger partial charge in [-0.1, -0.05) is 88.0 Å². The summed E-state index contributed by atoms with van der Waals surface area (Å²) < 4.78 is 21.9. The number of nitrogens with zero attached hydrogens (tertiary/aromatic N) is 3. The maximum Gasteiger partial charge on any atom is 1.00 e. The second-order valence-corrected chi connectivity index (χ2v) is 27.4. The van der Waals surface area contributed by atoms with Crippen LogP contribution in [0, 0.1) is 0 Å². The fourth-order valence-corrected chi connectivity index (χ4v) is 14.2. The third-order valence-electron chi connectivity index (χ3n) is 20.1. The summed E-state index contributed by atoms with van der Waals surface area (Å²) in [6.07, 6.45) is 26.4. The summed E-state index contributed by atoms with van der Waals surface area (Å²) in [6.45, 7) is 8.78. The van der Waals surface area contributed by atoms with Crippen molar-refractivity contribution in [1.82, 2.24) is 15.0 Å². The number of Topliss-reactive ketones (excluding diaryl/α,β-unsaturated/α-hetero) is 3. The minimum absolute atomic E-state index is 0. The molecule has 10 heterocycles. The Morgan fingerprint density at radius 3 is 1.28 bits per heavy atom. The zero-order valence-electron chi connectivity index (χ0n) is 59.8. The molecule has 3 unspecified atom stereocenters. The SMILES string of the molecule is C.CCC(CC(=O)CCCCc1ccc2c(n1)NCCC2)c1ccc2c(c1)OCC2.CCC(CC(=O)CCCCc1ccc2c(n1)NCCC2)c1ccc2ccoc2c1.O=C(O)CC(CC(=O)CCCCc1ccc2c(n1)NCCC2)c1ccc2c(c1)OCC2.O=Cc1ccc2ccoc2c1.[Na+].[OH-]. The van der Waals surface area contributed by atoms with Gasteiger partial charge in [-0.15, -0.1) is 0 Å². The Morgan fingerprint density at radius 2 is 0.854 bits per heavy atom.